The Morgan fingerprint density at radius 2 is 1.81 bits per heavy atom. The minimum atomic E-state index is 0.142. The third-order valence-corrected chi connectivity index (χ3v) is 3.75. The van der Waals surface area contributed by atoms with Gasteiger partial charge in [0, 0.05) is 0 Å². The van der Waals surface area contributed by atoms with Crippen molar-refractivity contribution in [3.63, 3.8) is 0 Å². The van der Waals surface area contributed by atoms with Crippen LogP contribution < -0.4 is 5.43 Å². The summed E-state index contributed by atoms with van der Waals surface area (Å²) < 4.78 is 0. The SMILES string of the molecule is C1=CC(Cn2nnc(NN=Nc3nnn(Cc4ccccc4)n3)n2)=CCC1. The van der Waals surface area contributed by atoms with Crippen LogP contribution in [0.1, 0.15) is 18.4 Å². The summed E-state index contributed by atoms with van der Waals surface area (Å²) in [7, 11) is 0. The Morgan fingerprint density at radius 1 is 0.963 bits per heavy atom. The van der Waals surface area contributed by atoms with Gasteiger partial charge in [0.2, 0.25) is 0 Å². The first-order valence-electron chi connectivity index (χ1n) is 8.47. The van der Waals surface area contributed by atoms with Crippen LogP contribution in [0.2, 0.25) is 0 Å². The van der Waals surface area contributed by atoms with Gasteiger partial charge in [-0.25, -0.2) is 5.43 Å². The van der Waals surface area contributed by atoms with Crippen molar-refractivity contribution in [1.82, 2.24) is 40.4 Å². The van der Waals surface area contributed by atoms with Crippen molar-refractivity contribution in [1.29, 1.82) is 0 Å². The van der Waals surface area contributed by atoms with Gasteiger partial charge in [0.05, 0.1) is 13.1 Å². The number of tetrazole rings is 2. The highest BCUT2D eigenvalue weighted by Gasteiger charge is 2.05. The van der Waals surface area contributed by atoms with Gasteiger partial charge in [-0.05, 0) is 34.4 Å². The van der Waals surface area contributed by atoms with E-state index in [9.17, 15) is 0 Å². The van der Waals surface area contributed by atoms with E-state index < -0.39 is 0 Å². The standard InChI is InChI=1S/C16H17N11/c1-3-7-13(8-4-1)11-26-21-15(19-24-26)17-23-18-16-20-25-27(22-16)12-14-9-5-2-6-10-14/h1,3-5,7-10H,2,6,11-12H2,(H,17,18,21,22). The summed E-state index contributed by atoms with van der Waals surface area (Å²) >= 11 is 0. The summed E-state index contributed by atoms with van der Waals surface area (Å²) in [6.45, 7) is 1.08. The smallest absolute Gasteiger partial charge is 0.223 e. The van der Waals surface area contributed by atoms with Gasteiger partial charge in [0.1, 0.15) is 0 Å². The van der Waals surface area contributed by atoms with Crippen LogP contribution in [-0.4, -0.2) is 40.4 Å². The molecule has 2 heterocycles. The van der Waals surface area contributed by atoms with Crippen molar-refractivity contribution in [2.75, 3.05) is 5.43 Å². The molecule has 27 heavy (non-hydrogen) atoms. The van der Waals surface area contributed by atoms with Gasteiger partial charge in [-0.15, -0.1) is 10.2 Å². The van der Waals surface area contributed by atoms with E-state index in [2.05, 4.69) is 64.8 Å². The molecule has 0 unspecified atom stereocenters. The molecule has 1 aliphatic rings. The fourth-order valence-electron chi connectivity index (χ4n) is 2.51. The highest BCUT2D eigenvalue weighted by atomic mass is 15.6. The molecule has 4 rings (SSSR count). The number of hydrogen-bond acceptors (Lipinski definition) is 8. The fourth-order valence-corrected chi connectivity index (χ4v) is 2.51. The molecule has 0 amide bonds. The normalized spacial score (nSPS) is 13.9. The van der Waals surface area contributed by atoms with Gasteiger partial charge in [0.15, 0.2) is 0 Å². The van der Waals surface area contributed by atoms with E-state index in [0.717, 1.165) is 24.0 Å². The quantitative estimate of drug-likeness (QED) is 0.503. The summed E-state index contributed by atoms with van der Waals surface area (Å²) in [4.78, 5) is 2.94. The van der Waals surface area contributed by atoms with Crippen molar-refractivity contribution in [3.8, 4) is 0 Å². The first-order chi connectivity index (χ1) is 13.3. The monoisotopic (exact) mass is 363 g/mol. The number of nitrogens with one attached hydrogen (secondary N) is 1. The van der Waals surface area contributed by atoms with E-state index in [-0.39, 0.29) is 11.9 Å². The van der Waals surface area contributed by atoms with Crippen LogP contribution in [0.15, 0.2) is 64.5 Å². The number of allylic oxidation sites excluding steroid dienone is 4. The number of aromatic nitrogens is 8. The first kappa shape index (κ1) is 16.7. The Bertz CT molecular complexity index is 967. The average Bonchev–Trinajstić information content (AvgIpc) is 3.33. The van der Waals surface area contributed by atoms with Crippen molar-refractivity contribution in [3.05, 3.63) is 59.7 Å². The minimum Gasteiger partial charge on any atom is -0.223 e. The largest absolute Gasteiger partial charge is 0.309 e. The van der Waals surface area contributed by atoms with Crippen molar-refractivity contribution in [2.45, 2.75) is 25.9 Å². The zero-order valence-corrected chi connectivity index (χ0v) is 14.4. The average molecular weight is 363 g/mol. The molecule has 11 nitrogen and oxygen atoms in total. The highest BCUT2D eigenvalue weighted by Crippen LogP contribution is 2.11. The lowest BCUT2D eigenvalue weighted by Crippen LogP contribution is -2.05. The Labute approximate surface area is 154 Å². The molecule has 0 fully saturated rings. The van der Waals surface area contributed by atoms with Crippen LogP contribution in [-0.2, 0) is 13.1 Å². The van der Waals surface area contributed by atoms with Crippen LogP contribution in [0.25, 0.3) is 0 Å². The summed E-state index contributed by atoms with van der Waals surface area (Å²) in [5.41, 5.74) is 4.84. The molecule has 1 aromatic carbocycles. The second-order valence-corrected chi connectivity index (χ2v) is 5.82. The molecule has 11 heteroatoms. The second-order valence-electron chi connectivity index (χ2n) is 5.82. The molecular weight excluding hydrogens is 346 g/mol. The van der Waals surface area contributed by atoms with E-state index in [1.165, 1.54) is 9.59 Å². The van der Waals surface area contributed by atoms with E-state index in [1.54, 1.807) is 0 Å². The number of nitrogens with zero attached hydrogens (tertiary/aromatic N) is 10. The molecule has 2 aromatic heterocycles. The van der Waals surface area contributed by atoms with Gasteiger partial charge in [-0.1, -0.05) is 69.1 Å². The molecular formula is C16H17N11. The van der Waals surface area contributed by atoms with Crippen LogP contribution in [0, 0.1) is 0 Å². The lowest BCUT2D eigenvalue weighted by Gasteiger charge is -2.04. The van der Waals surface area contributed by atoms with E-state index in [1.807, 2.05) is 30.3 Å². The molecule has 0 radical (unpaired) electrons. The lowest BCUT2D eigenvalue weighted by molar-refractivity contribution is 0.570. The molecule has 0 spiro atoms. The van der Waals surface area contributed by atoms with Gasteiger partial charge in [-0.2, -0.15) is 9.59 Å². The molecule has 0 atom stereocenters. The zero-order valence-electron chi connectivity index (χ0n) is 14.4. The van der Waals surface area contributed by atoms with Crippen LogP contribution in [0.4, 0.5) is 11.9 Å². The molecule has 1 N–H and O–H groups in total. The van der Waals surface area contributed by atoms with E-state index >= 15 is 0 Å². The minimum absolute atomic E-state index is 0.142. The zero-order chi connectivity index (χ0) is 18.3. The Kier molecular flexibility index (Phi) is 5.00. The summed E-state index contributed by atoms with van der Waals surface area (Å²) in [5.74, 6) is 0.388. The van der Waals surface area contributed by atoms with Gasteiger partial charge >= 0.3 is 5.95 Å². The third kappa shape index (κ3) is 4.66. The van der Waals surface area contributed by atoms with Crippen LogP contribution in [0.5, 0.6) is 0 Å². The molecule has 1 aliphatic carbocycles. The Morgan fingerprint density at radius 3 is 2.67 bits per heavy atom. The predicted molar refractivity (Wildman–Crippen MR) is 95.8 cm³/mol. The van der Waals surface area contributed by atoms with E-state index in [0.29, 0.717) is 13.1 Å². The second kappa shape index (κ2) is 8.08. The van der Waals surface area contributed by atoms with Gasteiger partial charge in [0.25, 0.3) is 5.95 Å². The lowest BCUT2D eigenvalue weighted by atomic mass is 10.1. The molecule has 3 aromatic rings. The van der Waals surface area contributed by atoms with Crippen molar-refractivity contribution < 1.29 is 0 Å². The molecule has 0 saturated carbocycles. The molecule has 0 bridgehead atoms. The molecule has 136 valence electrons. The molecule has 0 aliphatic heterocycles. The summed E-state index contributed by atoms with van der Waals surface area (Å²) in [6.07, 6.45) is 8.49. The van der Waals surface area contributed by atoms with Crippen LogP contribution in [0.3, 0.4) is 0 Å². The maximum atomic E-state index is 4.19. The number of benzene rings is 1. The topological polar surface area (TPSA) is 124 Å². The number of rotatable bonds is 7. The first-order valence-corrected chi connectivity index (χ1v) is 8.47. The summed E-state index contributed by atoms with van der Waals surface area (Å²) in [5, 5.41) is 31.6. The van der Waals surface area contributed by atoms with Crippen LogP contribution >= 0.6 is 0 Å². The Balaban J connectivity index is 1.30. The maximum Gasteiger partial charge on any atom is 0.309 e. The van der Waals surface area contributed by atoms with Crippen molar-refractivity contribution in [2.24, 2.45) is 10.3 Å². The highest BCUT2D eigenvalue weighted by molar-refractivity contribution is 5.22. The predicted octanol–water partition coefficient (Wildman–Crippen LogP) is 2.10. The number of hydrogen-bond donors (Lipinski definition) is 1. The Hall–Kier alpha value is -3.76. The van der Waals surface area contributed by atoms with Gasteiger partial charge < -0.3 is 0 Å². The summed E-state index contributed by atoms with van der Waals surface area (Å²) in [6, 6.07) is 9.84. The maximum absolute atomic E-state index is 4.19. The third-order valence-electron chi connectivity index (χ3n) is 3.75. The van der Waals surface area contributed by atoms with E-state index in [4.69, 9.17) is 0 Å². The fraction of sp³-hybridized carbons (Fsp3) is 0.250. The van der Waals surface area contributed by atoms with Crippen molar-refractivity contribution >= 4 is 11.9 Å². The molecule has 0 saturated heterocycles. The number of anilines is 1. The van der Waals surface area contributed by atoms with Gasteiger partial charge in [-0.3, -0.25) is 0 Å².